The fourth-order valence-electron chi connectivity index (χ4n) is 1.99. The topological polar surface area (TPSA) is 74.4 Å². The van der Waals surface area contributed by atoms with E-state index in [0.29, 0.717) is 23.7 Å². The highest BCUT2D eigenvalue weighted by Gasteiger charge is 2.12. The van der Waals surface area contributed by atoms with Crippen molar-refractivity contribution < 1.29 is 18.7 Å². The largest absolute Gasteiger partial charge is 0.451 e. The first-order valence-electron chi connectivity index (χ1n) is 6.80. The summed E-state index contributed by atoms with van der Waals surface area (Å²) in [6.45, 7) is 4.36. The predicted molar refractivity (Wildman–Crippen MR) is 80.0 cm³/mol. The normalized spacial score (nSPS) is 10.5. The Labute approximate surface area is 127 Å². The number of nitrogens with zero attached hydrogens (tertiary/aromatic N) is 1. The summed E-state index contributed by atoms with van der Waals surface area (Å²) in [4.78, 5) is 15.5. The fraction of sp³-hybridized carbons (Fsp3) is 0.250. The molecule has 1 heterocycles. The van der Waals surface area contributed by atoms with Crippen molar-refractivity contribution in [3.8, 4) is 17.0 Å². The number of ether oxygens (including phenoxy) is 2. The number of carbonyl (C=O) groups excluding carboxylic acids is 1. The first-order valence-corrected chi connectivity index (χ1v) is 6.80. The zero-order valence-electron chi connectivity index (χ0n) is 12.4. The monoisotopic (exact) mass is 304 g/mol. The van der Waals surface area contributed by atoms with Crippen LogP contribution in [0.5, 0.6) is 5.88 Å². The Kier molecular flexibility index (Phi) is 5.06. The van der Waals surface area contributed by atoms with Gasteiger partial charge in [0, 0.05) is 23.9 Å². The van der Waals surface area contributed by atoms with E-state index in [1.807, 2.05) is 6.92 Å². The van der Waals surface area contributed by atoms with Crippen molar-refractivity contribution in [2.24, 2.45) is 5.73 Å². The second-order valence-corrected chi connectivity index (χ2v) is 4.60. The van der Waals surface area contributed by atoms with Crippen molar-refractivity contribution >= 4 is 5.91 Å². The van der Waals surface area contributed by atoms with Gasteiger partial charge in [-0.3, -0.25) is 4.79 Å². The molecule has 0 radical (unpaired) electrons. The number of nitrogens with two attached hydrogens (primary N) is 1. The Morgan fingerprint density at radius 2 is 2.09 bits per heavy atom. The number of aromatic nitrogens is 1. The molecule has 0 saturated carbocycles. The Bertz CT molecular complexity index is 689. The van der Waals surface area contributed by atoms with E-state index in [0.717, 1.165) is 5.56 Å². The predicted octanol–water partition coefficient (Wildman–Crippen LogP) is 2.67. The first-order chi connectivity index (χ1) is 10.5. The standard InChI is InChI=1S/C16H17FN2O3/c1-3-21-9-22-15-7-5-12(10(2)19-15)11-4-6-14(17)13(8-11)16(18)20/h4-8H,3,9H2,1-2H3,(H2,18,20). The van der Waals surface area contributed by atoms with Gasteiger partial charge >= 0.3 is 0 Å². The highest BCUT2D eigenvalue weighted by molar-refractivity contribution is 5.94. The molecule has 0 atom stereocenters. The summed E-state index contributed by atoms with van der Waals surface area (Å²) >= 11 is 0. The zero-order valence-corrected chi connectivity index (χ0v) is 12.4. The SMILES string of the molecule is CCOCOc1ccc(-c2ccc(F)c(C(N)=O)c2)c(C)n1. The molecule has 1 aromatic carbocycles. The number of aryl methyl sites for hydroxylation is 1. The van der Waals surface area contributed by atoms with Gasteiger partial charge in [-0.2, -0.15) is 0 Å². The second kappa shape index (κ2) is 7.00. The summed E-state index contributed by atoms with van der Waals surface area (Å²) in [6.07, 6.45) is 0. The molecule has 0 unspecified atom stereocenters. The van der Waals surface area contributed by atoms with Crippen LogP contribution in [0.3, 0.4) is 0 Å². The van der Waals surface area contributed by atoms with Gasteiger partial charge < -0.3 is 15.2 Å². The summed E-state index contributed by atoms with van der Waals surface area (Å²) in [5.74, 6) is -1.01. The summed E-state index contributed by atoms with van der Waals surface area (Å²) < 4.78 is 23.9. The molecule has 116 valence electrons. The summed E-state index contributed by atoms with van der Waals surface area (Å²) in [6, 6.07) is 7.69. The summed E-state index contributed by atoms with van der Waals surface area (Å²) in [5.41, 5.74) is 7.14. The Morgan fingerprint density at radius 1 is 1.32 bits per heavy atom. The van der Waals surface area contributed by atoms with E-state index in [1.165, 1.54) is 12.1 Å². The summed E-state index contributed by atoms with van der Waals surface area (Å²) in [7, 11) is 0. The van der Waals surface area contributed by atoms with E-state index in [1.54, 1.807) is 25.1 Å². The molecule has 0 aliphatic rings. The van der Waals surface area contributed by atoms with E-state index in [2.05, 4.69) is 4.98 Å². The Hall–Kier alpha value is -2.47. The van der Waals surface area contributed by atoms with E-state index in [4.69, 9.17) is 15.2 Å². The Morgan fingerprint density at radius 3 is 2.73 bits per heavy atom. The first kappa shape index (κ1) is 15.9. The van der Waals surface area contributed by atoms with E-state index in [-0.39, 0.29) is 12.4 Å². The van der Waals surface area contributed by atoms with E-state index >= 15 is 0 Å². The lowest BCUT2D eigenvalue weighted by Crippen LogP contribution is -2.13. The summed E-state index contributed by atoms with van der Waals surface area (Å²) in [5, 5.41) is 0. The molecule has 1 aromatic heterocycles. The van der Waals surface area contributed by atoms with Crippen molar-refractivity contribution in [2.45, 2.75) is 13.8 Å². The number of amides is 1. The van der Waals surface area contributed by atoms with Crippen LogP contribution in [0, 0.1) is 12.7 Å². The molecule has 5 nitrogen and oxygen atoms in total. The molecule has 0 bridgehead atoms. The molecule has 6 heteroatoms. The lowest BCUT2D eigenvalue weighted by atomic mass is 10.0. The van der Waals surface area contributed by atoms with Crippen LogP contribution in [0.1, 0.15) is 23.0 Å². The molecule has 0 aliphatic heterocycles. The number of benzene rings is 1. The molecule has 2 N–H and O–H groups in total. The molecule has 0 fully saturated rings. The molecule has 1 amide bonds. The van der Waals surface area contributed by atoms with Crippen molar-refractivity contribution in [1.29, 1.82) is 0 Å². The third-order valence-electron chi connectivity index (χ3n) is 3.10. The molecule has 22 heavy (non-hydrogen) atoms. The number of pyridine rings is 1. The minimum atomic E-state index is -0.804. The van der Waals surface area contributed by atoms with Crippen LogP contribution in [-0.2, 0) is 4.74 Å². The van der Waals surface area contributed by atoms with Gasteiger partial charge in [-0.1, -0.05) is 6.07 Å². The molecule has 2 rings (SSSR count). The van der Waals surface area contributed by atoms with Crippen molar-refractivity contribution in [3.05, 3.63) is 47.4 Å². The lowest BCUT2D eigenvalue weighted by Gasteiger charge is -2.10. The average Bonchev–Trinajstić information content (AvgIpc) is 2.48. The van der Waals surface area contributed by atoms with Crippen LogP contribution in [0.25, 0.3) is 11.1 Å². The van der Waals surface area contributed by atoms with Crippen LogP contribution in [0.2, 0.25) is 0 Å². The quantitative estimate of drug-likeness (QED) is 0.657. The minimum Gasteiger partial charge on any atom is -0.451 e. The third kappa shape index (κ3) is 3.59. The van der Waals surface area contributed by atoms with Gasteiger partial charge in [0.2, 0.25) is 5.88 Å². The molecule has 0 aliphatic carbocycles. The van der Waals surface area contributed by atoms with Gasteiger partial charge in [-0.15, -0.1) is 0 Å². The van der Waals surface area contributed by atoms with Gasteiger partial charge in [-0.25, -0.2) is 9.37 Å². The Balaban J connectivity index is 2.29. The second-order valence-electron chi connectivity index (χ2n) is 4.60. The van der Waals surface area contributed by atoms with Gasteiger partial charge in [0.25, 0.3) is 5.91 Å². The maximum atomic E-state index is 13.5. The maximum absolute atomic E-state index is 13.5. The molecule has 0 saturated heterocycles. The minimum absolute atomic E-state index is 0.130. The number of hydrogen-bond acceptors (Lipinski definition) is 4. The third-order valence-corrected chi connectivity index (χ3v) is 3.10. The van der Waals surface area contributed by atoms with Crippen LogP contribution in [0.4, 0.5) is 4.39 Å². The van der Waals surface area contributed by atoms with Crippen LogP contribution in [-0.4, -0.2) is 24.3 Å². The van der Waals surface area contributed by atoms with Gasteiger partial charge in [0.1, 0.15) is 5.82 Å². The van der Waals surface area contributed by atoms with Crippen molar-refractivity contribution in [2.75, 3.05) is 13.4 Å². The van der Waals surface area contributed by atoms with Crippen molar-refractivity contribution in [1.82, 2.24) is 4.98 Å². The molecule has 2 aromatic rings. The molecule has 0 spiro atoms. The number of hydrogen-bond donors (Lipinski definition) is 1. The maximum Gasteiger partial charge on any atom is 0.251 e. The number of carbonyl (C=O) groups is 1. The number of rotatable bonds is 6. The van der Waals surface area contributed by atoms with E-state index < -0.39 is 11.7 Å². The number of halogens is 1. The smallest absolute Gasteiger partial charge is 0.251 e. The fourth-order valence-corrected chi connectivity index (χ4v) is 1.99. The molecular weight excluding hydrogens is 287 g/mol. The van der Waals surface area contributed by atoms with E-state index in [9.17, 15) is 9.18 Å². The zero-order chi connectivity index (χ0) is 16.1. The van der Waals surface area contributed by atoms with Gasteiger partial charge in [0.05, 0.1) is 5.56 Å². The average molecular weight is 304 g/mol. The highest BCUT2D eigenvalue weighted by Crippen LogP contribution is 2.26. The van der Waals surface area contributed by atoms with Crippen LogP contribution >= 0.6 is 0 Å². The van der Waals surface area contributed by atoms with Crippen molar-refractivity contribution in [3.63, 3.8) is 0 Å². The highest BCUT2D eigenvalue weighted by atomic mass is 19.1. The van der Waals surface area contributed by atoms with Crippen LogP contribution < -0.4 is 10.5 Å². The lowest BCUT2D eigenvalue weighted by molar-refractivity contribution is 0.0196. The van der Waals surface area contributed by atoms with Crippen LogP contribution in [0.15, 0.2) is 30.3 Å². The van der Waals surface area contributed by atoms with Gasteiger partial charge in [-0.05, 0) is 37.6 Å². The molecular formula is C16H17FN2O3. The number of primary amides is 1. The van der Waals surface area contributed by atoms with Gasteiger partial charge in [0.15, 0.2) is 6.79 Å².